The summed E-state index contributed by atoms with van der Waals surface area (Å²) in [6, 6.07) is 20.6. The number of fused-ring (bicyclic) bond motifs is 1. The Kier molecular flexibility index (Phi) is 9.78. The Labute approximate surface area is 251 Å². The van der Waals surface area contributed by atoms with E-state index in [-0.39, 0.29) is 5.91 Å². The molecule has 3 aromatic carbocycles. The molecule has 2 heterocycles. The monoisotopic (exact) mass is 615 g/mol. The summed E-state index contributed by atoms with van der Waals surface area (Å²) in [5, 5.41) is 5.59. The molecule has 0 fully saturated rings. The van der Waals surface area contributed by atoms with E-state index in [0.29, 0.717) is 32.6 Å². The van der Waals surface area contributed by atoms with Gasteiger partial charge in [-0.3, -0.25) is 9.48 Å². The molecule has 0 saturated carbocycles. The van der Waals surface area contributed by atoms with Crippen molar-refractivity contribution in [3.8, 4) is 22.6 Å². The Hall–Kier alpha value is -3.58. The minimum Gasteiger partial charge on any atom is -0.494 e. The van der Waals surface area contributed by atoms with Gasteiger partial charge in [0.1, 0.15) is 11.5 Å². The maximum Gasteiger partial charge on any atom is 0.227 e. The largest absolute Gasteiger partial charge is 0.494 e. The van der Waals surface area contributed by atoms with Crippen molar-refractivity contribution in [3.63, 3.8) is 0 Å². The number of anilines is 1. The Morgan fingerprint density at radius 1 is 1.00 bits per heavy atom. The molecular formula is C34H38BrN3O3. The van der Waals surface area contributed by atoms with Crippen LogP contribution >= 0.6 is 15.9 Å². The number of carbonyl (C=O) groups excluding carboxylic acids is 1. The van der Waals surface area contributed by atoms with Crippen LogP contribution in [0.2, 0.25) is 0 Å². The first kappa shape index (κ1) is 28.9. The highest BCUT2D eigenvalue weighted by molar-refractivity contribution is 9.09. The highest BCUT2D eigenvalue weighted by atomic mass is 79.9. The first-order valence-electron chi connectivity index (χ1n) is 14.5. The number of hydrogen-bond donors (Lipinski definition) is 0. The highest BCUT2D eigenvalue weighted by Crippen LogP contribution is 2.36. The molecule has 0 spiro atoms. The second-order valence-corrected chi connectivity index (χ2v) is 11.4. The second kappa shape index (κ2) is 13.9. The lowest BCUT2D eigenvalue weighted by Gasteiger charge is -2.31. The third-order valence-corrected chi connectivity index (χ3v) is 8.19. The topological polar surface area (TPSA) is 56.6 Å². The molecule has 4 aromatic rings. The molecule has 1 aliphatic rings. The van der Waals surface area contributed by atoms with Gasteiger partial charge in [-0.15, -0.1) is 0 Å². The summed E-state index contributed by atoms with van der Waals surface area (Å²) in [7, 11) is 0. The number of alkyl halides is 1. The minimum absolute atomic E-state index is 0.154. The van der Waals surface area contributed by atoms with E-state index in [1.807, 2.05) is 40.0 Å². The van der Waals surface area contributed by atoms with Crippen LogP contribution in [0.25, 0.3) is 11.1 Å². The predicted molar refractivity (Wildman–Crippen MR) is 168 cm³/mol. The van der Waals surface area contributed by atoms with Gasteiger partial charge in [0, 0.05) is 35.7 Å². The highest BCUT2D eigenvalue weighted by Gasteiger charge is 2.24. The summed E-state index contributed by atoms with van der Waals surface area (Å²) in [5.41, 5.74) is 7.98. The smallest absolute Gasteiger partial charge is 0.227 e. The second-order valence-electron chi connectivity index (χ2n) is 10.6. The Bertz CT molecular complexity index is 1480. The van der Waals surface area contributed by atoms with Crippen LogP contribution in [0.4, 0.5) is 5.69 Å². The van der Waals surface area contributed by atoms with Crippen molar-refractivity contribution in [1.82, 2.24) is 9.78 Å². The number of nitrogens with zero attached hydrogens (tertiary/aromatic N) is 3. The van der Waals surface area contributed by atoms with Gasteiger partial charge < -0.3 is 14.4 Å². The van der Waals surface area contributed by atoms with Gasteiger partial charge in [-0.25, -0.2) is 0 Å². The fraction of sp³-hybridized carbons (Fsp3) is 0.353. The van der Waals surface area contributed by atoms with Crippen molar-refractivity contribution in [2.75, 3.05) is 30.0 Å². The molecule has 1 aliphatic heterocycles. The summed E-state index contributed by atoms with van der Waals surface area (Å²) >= 11 is 3.44. The van der Waals surface area contributed by atoms with Crippen LogP contribution in [0, 0.1) is 13.8 Å². The SMILES string of the molecule is Cc1cccc(OCCCC(=O)N2CCCc3c(-c4cnn(Cc5cccc(OCCCBr)c5)c4)cccc32)c1C. The van der Waals surface area contributed by atoms with E-state index in [4.69, 9.17) is 9.47 Å². The lowest BCUT2D eigenvalue weighted by molar-refractivity contribution is -0.118. The third-order valence-electron chi connectivity index (χ3n) is 7.63. The van der Waals surface area contributed by atoms with E-state index in [1.54, 1.807) is 0 Å². The van der Waals surface area contributed by atoms with Gasteiger partial charge in [-0.1, -0.05) is 52.3 Å². The van der Waals surface area contributed by atoms with E-state index in [0.717, 1.165) is 70.6 Å². The van der Waals surface area contributed by atoms with Crippen molar-refractivity contribution >= 4 is 27.5 Å². The fourth-order valence-corrected chi connectivity index (χ4v) is 5.56. The first-order valence-corrected chi connectivity index (χ1v) is 15.6. The van der Waals surface area contributed by atoms with E-state index in [2.05, 4.69) is 77.5 Å². The lowest BCUT2D eigenvalue weighted by atomic mass is 9.93. The summed E-state index contributed by atoms with van der Waals surface area (Å²) in [6.07, 6.45) is 8.05. The lowest BCUT2D eigenvalue weighted by Crippen LogP contribution is -2.35. The third kappa shape index (κ3) is 7.20. The van der Waals surface area contributed by atoms with E-state index >= 15 is 0 Å². The number of ether oxygens (including phenoxy) is 2. The Morgan fingerprint density at radius 2 is 1.83 bits per heavy atom. The minimum atomic E-state index is 0.154. The normalized spacial score (nSPS) is 12.7. The number of hydrogen-bond acceptors (Lipinski definition) is 4. The van der Waals surface area contributed by atoms with Crippen molar-refractivity contribution in [3.05, 3.63) is 95.3 Å². The molecular weight excluding hydrogens is 578 g/mol. The number of aromatic nitrogens is 2. The van der Waals surface area contributed by atoms with Gasteiger partial charge in [0.2, 0.25) is 5.91 Å². The Balaban J connectivity index is 1.23. The maximum absolute atomic E-state index is 13.3. The van der Waals surface area contributed by atoms with Gasteiger partial charge in [-0.2, -0.15) is 5.10 Å². The van der Waals surface area contributed by atoms with E-state index in [1.165, 1.54) is 11.1 Å². The molecule has 0 radical (unpaired) electrons. The fourth-order valence-electron chi connectivity index (χ4n) is 5.33. The molecule has 214 valence electrons. The quantitative estimate of drug-likeness (QED) is 0.122. The molecule has 0 aliphatic carbocycles. The number of rotatable bonds is 12. The number of carbonyl (C=O) groups is 1. The number of amides is 1. The van der Waals surface area contributed by atoms with Crippen LogP contribution in [-0.4, -0.2) is 40.8 Å². The molecule has 0 bridgehead atoms. The van der Waals surface area contributed by atoms with Crippen molar-refractivity contribution in [2.45, 2.75) is 52.5 Å². The van der Waals surface area contributed by atoms with Crippen LogP contribution in [0.1, 0.15) is 47.9 Å². The van der Waals surface area contributed by atoms with Crippen molar-refractivity contribution < 1.29 is 14.3 Å². The van der Waals surface area contributed by atoms with Crippen molar-refractivity contribution in [1.29, 1.82) is 0 Å². The van der Waals surface area contributed by atoms with Gasteiger partial charge in [0.25, 0.3) is 0 Å². The van der Waals surface area contributed by atoms with Crippen molar-refractivity contribution in [2.24, 2.45) is 0 Å². The maximum atomic E-state index is 13.3. The number of benzene rings is 3. The molecule has 0 unspecified atom stereocenters. The molecule has 7 heteroatoms. The molecule has 1 aromatic heterocycles. The molecule has 0 N–H and O–H groups in total. The van der Waals surface area contributed by atoms with E-state index in [9.17, 15) is 4.79 Å². The summed E-state index contributed by atoms with van der Waals surface area (Å²) in [4.78, 5) is 15.3. The zero-order valence-corrected chi connectivity index (χ0v) is 25.5. The predicted octanol–water partition coefficient (Wildman–Crippen LogP) is 7.52. The van der Waals surface area contributed by atoms with E-state index < -0.39 is 0 Å². The summed E-state index contributed by atoms with van der Waals surface area (Å²) in [6.45, 7) is 6.80. The molecule has 6 nitrogen and oxygen atoms in total. The number of aryl methyl sites for hydroxylation is 1. The van der Waals surface area contributed by atoms with Crippen LogP contribution in [-0.2, 0) is 17.8 Å². The van der Waals surface area contributed by atoms with Crippen LogP contribution in [0.3, 0.4) is 0 Å². The summed E-state index contributed by atoms with van der Waals surface area (Å²) in [5.74, 6) is 1.94. The van der Waals surface area contributed by atoms with Crippen LogP contribution < -0.4 is 14.4 Å². The van der Waals surface area contributed by atoms with Crippen LogP contribution in [0.15, 0.2) is 73.1 Å². The average molecular weight is 617 g/mol. The molecule has 0 saturated heterocycles. The summed E-state index contributed by atoms with van der Waals surface area (Å²) < 4.78 is 13.8. The van der Waals surface area contributed by atoms with Gasteiger partial charge in [0.15, 0.2) is 0 Å². The zero-order chi connectivity index (χ0) is 28.6. The Morgan fingerprint density at radius 3 is 2.71 bits per heavy atom. The van der Waals surface area contributed by atoms with Gasteiger partial charge >= 0.3 is 0 Å². The number of halogens is 1. The molecule has 41 heavy (non-hydrogen) atoms. The molecule has 0 atom stereocenters. The zero-order valence-electron chi connectivity index (χ0n) is 23.9. The van der Waals surface area contributed by atoms with Gasteiger partial charge in [0.05, 0.1) is 26.0 Å². The molecule has 5 rings (SSSR count). The van der Waals surface area contributed by atoms with Gasteiger partial charge in [-0.05, 0) is 91.6 Å². The first-order chi connectivity index (χ1) is 20.0. The standard InChI is InChI=1S/C34H38BrN3O3/c1-25-9-3-15-33(26(25)2)41-19-7-16-34(39)38-18-6-13-31-30(12-5-14-32(31)38)28-22-36-37(24-28)23-27-10-4-11-29(21-27)40-20-8-17-35/h3-5,9-12,14-15,21-22,24H,6-8,13,16-20,23H2,1-2H3. The van der Waals surface area contributed by atoms with Crippen LogP contribution in [0.5, 0.6) is 11.5 Å². The average Bonchev–Trinajstić information content (AvgIpc) is 3.45. The molecule has 1 amide bonds.